The number of piperazine rings is 1. The molecule has 0 spiro atoms. The first-order valence-electron chi connectivity index (χ1n) is 10.4. The molecule has 0 N–H and O–H groups in total. The zero-order chi connectivity index (χ0) is 19.6. The zero-order valence-corrected chi connectivity index (χ0v) is 17.6. The molecule has 8 heteroatoms. The molecule has 1 saturated heterocycles. The minimum Gasteiger partial charge on any atom is -0.474 e. The van der Waals surface area contributed by atoms with Crippen LogP contribution in [0.25, 0.3) is 10.9 Å². The summed E-state index contributed by atoms with van der Waals surface area (Å²) in [6.07, 6.45) is 6.66. The number of rotatable bonds is 5. The van der Waals surface area contributed by atoms with E-state index >= 15 is 0 Å². The molecule has 7 nitrogen and oxygen atoms in total. The van der Waals surface area contributed by atoms with Crippen LogP contribution in [-0.2, 0) is 6.54 Å². The summed E-state index contributed by atoms with van der Waals surface area (Å²) in [5.41, 5.74) is 2.16. The molecule has 3 heterocycles. The van der Waals surface area contributed by atoms with Crippen LogP contribution in [0.15, 0.2) is 24.5 Å². The number of benzene rings is 1. The first kappa shape index (κ1) is 18.7. The summed E-state index contributed by atoms with van der Waals surface area (Å²) in [5, 5.41) is 11.5. The fraction of sp³-hybridized carbons (Fsp3) is 0.524. The van der Waals surface area contributed by atoms with Gasteiger partial charge >= 0.3 is 0 Å². The van der Waals surface area contributed by atoms with Gasteiger partial charge in [-0.05, 0) is 50.8 Å². The summed E-state index contributed by atoms with van der Waals surface area (Å²) in [5.74, 6) is 0.731. The van der Waals surface area contributed by atoms with Crippen molar-refractivity contribution in [1.82, 2.24) is 25.1 Å². The monoisotopic (exact) mass is 410 g/mol. The Morgan fingerprint density at radius 1 is 1.07 bits per heavy atom. The molecule has 1 aliphatic carbocycles. The molecule has 2 aromatic heterocycles. The van der Waals surface area contributed by atoms with Gasteiger partial charge in [-0.15, -0.1) is 21.5 Å². The minimum atomic E-state index is 0.296. The highest BCUT2D eigenvalue weighted by atomic mass is 32.1. The molecule has 0 amide bonds. The van der Waals surface area contributed by atoms with Crippen molar-refractivity contribution in [2.45, 2.75) is 45.3 Å². The predicted molar refractivity (Wildman–Crippen MR) is 115 cm³/mol. The van der Waals surface area contributed by atoms with Gasteiger partial charge in [0.2, 0.25) is 5.88 Å². The van der Waals surface area contributed by atoms with E-state index in [1.165, 1.54) is 18.5 Å². The van der Waals surface area contributed by atoms with E-state index in [1.54, 1.807) is 17.7 Å². The van der Waals surface area contributed by atoms with Crippen LogP contribution in [0.2, 0.25) is 0 Å². The van der Waals surface area contributed by atoms with Crippen molar-refractivity contribution in [3.8, 4) is 5.88 Å². The Labute approximate surface area is 174 Å². The molecule has 1 saturated carbocycles. The van der Waals surface area contributed by atoms with E-state index in [2.05, 4.69) is 48.2 Å². The molecule has 2 fully saturated rings. The number of hydrogen-bond acceptors (Lipinski definition) is 8. The van der Waals surface area contributed by atoms with E-state index in [-0.39, 0.29) is 0 Å². The summed E-state index contributed by atoms with van der Waals surface area (Å²) >= 11 is 1.69. The average Bonchev–Trinajstić information content (AvgIpc) is 3.40. The number of ether oxygens (including phenoxy) is 1. The lowest BCUT2D eigenvalue weighted by molar-refractivity contribution is 0.204. The lowest BCUT2D eigenvalue weighted by atomic mass is 10.2. The zero-order valence-electron chi connectivity index (χ0n) is 16.8. The van der Waals surface area contributed by atoms with Crippen molar-refractivity contribution in [3.05, 3.63) is 34.5 Å². The van der Waals surface area contributed by atoms with Crippen LogP contribution in [0.3, 0.4) is 0 Å². The number of anilines is 1. The van der Waals surface area contributed by atoms with E-state index < -0.39 is 0 Å². The van der Waals surface area contributed by atoms with Crippen molar-refractivity contribution in [1.29, 1.82) is 0 Å². The highest BCUT2D eigenvalue weighted by Crippen LogP contribution is 2.30. The first-order valence-corrected chi connectivity index (χ1v) is 11.2. The molecule has 0 atom stereocenters. The van der Waals surface area contributed by atoms with Crippen molar-refractivity contribution in [2.75, 3.05) is 31.1 Å². The van der Waals surface area contributed by atoms with E-state index in [0.29, 0.717) is 6.10 Å². The van der Waals surface area contributed by atoms with E-state index in [9.17, 15) is 0 Å². The molecular formula is C21H26N6OS. The topological polar surface area (TPSA) is 67.3 Å². The molecule has 5 rings (SSSR count). The molecule has 152 valence electrons. The molecule has 29 heavy (non-hydrogen) atoms. The predicted octanol–water partition coefficient (Wildman–Crippen LogP) is 3.43. The first-order chi connectivity index (χ1) is 14.2. The van der Waals surface area contributed by atoms with Gasteiger partial charge in [-0.25, -0.2) is 9.97 Å². The molecule has 0 unspecified atom stereocenters. The lowest BCUT2D eigenvalue weighted by Crippen LogP contribution is -2.45. The van der Waals surface area contributed by atoms with Gasteiger partial charge in [0.1, 0.15) is 22.4 Å². The van der Waals surface area contributed by atoms with Gasteiger partial charge in [-0.3, -0.25) is 4.90 Å². The summed E-state index contributed by atoms with van der Waals surface area (Å²) in [7, 11) is 0. The largest absolute Gasteiger partial charge is 0.474 e. The second-order valence-electron chi connectivity index (χ2n) is 7.88. The SMILES string of the molecule is Cc1nnc(CN2CCN(c3ccc4ncnc(OC5CCCC5)c4c3)CC2)s1. The molecule has 2 aliphatic rings. The van der Waals surface area contributed by atoms with E-state index in [0.717, 1.165) is 72.4 Å². The second kappa shape index (κ2) is 8.20. The summed E-state index contributed by atoms with van der Waals surface area (Å²) in [6, 6.07) is 6.45. The Hall–Kier alpha value is -2.32. The van der Waals surface area contributed by atoms with E-state index in [1.807, 2.05) is 6.92 Å². The maximum atomic E-state index is 6.23. The number of fused-ring (bicyclic) bond motifs is 1. The molecule has 3 aromatic rings. The number of hydrogen-bond donors (Lipinski definition) is 0. The van der Waals surface area contributed by atoms with Gasteiger partial charge in [-0.1, -0.05) is 0 Å². The van der Waals surface area contributed by atoms with Crippen molar-refractivity contribution in [3.63, 3.8) is 0 Å². The van der Waals surface area contributed by atoms with Crippen LogP contribution in [0.5, 0.6) is 5.88 Å². The third-order valence-corrected chi connectivity index (χ3v) is 6.65. The van der Waals surface area contributed by atoms with Crippen LogP contribution in [0, 0.1) is 6.92 Å². The Kier molecular flexibility index (Phi) is 5.28. The Balaban J connectivity index is 1.29. The lowest BCUT2D eigenvalue weighted by Gasteiger charge is -2.35. The van der Waals surface area contributed by atoms with Crippen LogP contribution < -0.4 is 9.64 Å². The van der Waals surface area contributed by atoms with Crippen LogP contribution >= 0.6 is 11.3 Å². The van der Waals surface area contributed by atoms with Crippen LogP contribution in [0.1, 0.15) is 35.7 Å². The fourth-order valence-corrected chi connectivity index (χ4v) is 4.98. The van der Waals surface area contributed by atoms with Gasteiger partial charge in [0.05, 0.1) is 17.4 Å². The van der Waals surface area contributed by atoms with Gasteiger partial charge in [0.25, 0.3) is 0 Å². The van der Waals surface area contributed by atoms with Gasteiger partial charge in [-0.2, -0.15) is 0 Å². The molecule has 0 bridgehead atoms. The minimum absolute atomic E-state index is 0.296. The quantitative estimate of drug-likeness (QED) is 0.638. The second-order valence-corrected chi connectivity index (χ2v) is 9.15. The van der Waals surface area contributed by atoms with Crippen molar-refractivity contribution in [2.24, 2.45) is 0 Å². The highest BCUT2D eigenvalue weighted by Gasteiger charge is 2.21. The average molecular weight is 411 g/mol. The molecule has 0 radical (unpaired) electrons. The maximum absolute atomic E-state index is 6.23. The summed E-state index contributed by atoms with van der Waals surface area (Å²) in [6.45, 7) is 6.93. The Bertz CT molecular complexity index is 978. The van der Waals surface area contributed by atoms with Gasteiger partial charge in [0, 0.05) is 31.9 Å². The Morgan fingerprint density at radius 3 is 2.66 bits per heavy atom. The van der Waals surface area contributed by atoms with Crippen molar-refractivity contribution >= 4 is 27.9 Å². The fourth-order valence-electron chi connectivity index (χ4n) is 4.23. The molecule has 1 aliphatic heterocycles. The standard InChI is InChI=1S/C21H26N6OS/c1-15-24-25-20(29-15)13-26-8-10-27(11-9-26)16-6-7-19-18(12-16)21(23-14-22-19)28-17-4-2-3-5-17/h6-7,12,14,17H,2-5,8-11,13H2,1H3. The number of aromatic nitrogens is 4. The van der Waals surface area contributed by atoms with Crippen molar-refractivity contribution < 1.29 is 4.74 Å². The van der Waals surface area contributed by atoms with Gasteiger partial charge in [0.15, 0.2) is 0 Å². The number of nitrogens with zero attached hydrogens (tertiary/aromatic N) is 6. The summed E-state index contributed by atoms with van der Waals surface area (Å²) in [4.78, 5) is 13.8. The maximum Gasteiger partial charge on any atom is 0.224 e. The third-order valence-electron chi connectivity index (χ3n) is 5.83. The normalized spacial score (nSPS) is 18.6. The highest BCUT2D eigenvalue weighted by molar-refractivity contribution is 7.11. The molecule has 1 aromatic carbocycles. The number of aryl methyl sites for hydroxylation is 1. The summed E-state index contributed by atoms with van der Waals surface area (Å²) < 4.78 is 6.23. The third kappa shape index (κ3) is 4.18. The smallest absolute Gasteiger partial charge is 0.224 e. The Morgan fingerprint density at radius 2 is 1.90 bits per heavy atom. The van der Waals surface area contributed by atoms with Gasteiger partial charge < -0.3 is 9.64 Å². The van der Waals surface area contributed by atoms with Crippen LogP contribution in [0.4, 0.5) is 5.69 Å². The van der Waals surface area contributed by atoms with Crippen LogP contribution in [-0.4, -0.2) is 57.3 Å². The molecular weight excluding hydrogens is 384 g/mol. The van der Waals surface area contributed by atoms with E-state index in [4.69, 9.17) is 4.74 Å².